The van der Waals surface area contributed by atoms with Crippen molar-refractivity contribution in [1.82, 2.24) is 8.96 Å². The Hall–Kier alpha value is -1.19. The van der Waals surface area contributed by atoms with Crippen molar-refractivity contribution in [2.45, 2.75) is 0 Å². The van der Waals surface area contributed by atoms with Crippen LogP contribution in [0.4, 0.5) is 0 Å². The third-order valence-corrected chi connectivity index (χ3v) is 3.12. The first-order chi connectivity index (χ1) is 8.41. The van der Waals surface area contributed by atoms with Crippen molar-refractivity contribution in [2.24, 2.45) is 5.14 Å². The third kappa shape index (κ3) is 3.23. The van der Waals surface area contributed by atoms with Gasteiger partial charge in [-0.25, -0.2) is 13.9 Å². The topological polar surface area (TPSA) is 115 Å². The van der Waals surface area contributed by atoms with E-state index in [0.29, 0.717) is 9.67 Å². The van der Waals surface area contributed by atoms with Gasteiger partial charge in [0.25, 0.3) is 0 Å². The van der Waals surface area contributed by atoms with E-state index < -0.39 is 21.9 Å². The SMILES string of the molecule is NS(=O)(=O)n1ccc(-c2ccccn2)c1C(=O)O.[H-].[Na+]. The molecule has 0 atom stereocenters. The summed E-state index contributed by atoms with van der Waals surface area (Å²) in [6.07, 6.45) is 2.57. The third-order valence-electron chi connectivity index (χ3n) is 2.27. The summed E-state index contributed by atoms with van der Waals surface area (Å²) >= 11 is 0. The second-order valence-corrected chi connectivity index (χ2v) is 4.86. The van der Waals surface area contributed by atoms with Gasteiger partial charge in [0.15, 0.2) is 5.69 Å². The summed E-state index contributed by atoms with van der Waals surface area (Å²) in [7, 11) is -4.16. The van der Waals surface area contributed by atoms with Crippen LogP contribution in [0.3, 0.4) is 0 Å². The largest absolute Gasteiger partial charge is 1.00 e. The summed E-state index contributed by atoms with van der Waals surface area (Å²) < 4.78 is 23.0. The number of aromatic carboxylic acids is 1. The molecule has 0 saturated carbocycles. The molecule has 2 aromatic heterocycles. The van der Waals surface area contributed by atoms with E-state index in [2.05, 4.69) is 4.98 Å². The van der Waals surface area contributed by atoms with Crippen LogP contribution in [0.15, 0.2) is 36.7 Å². The Morgan fingerprint density at radius 1 is 1.37 bits per heavy atom. The summed E-state index contributed by atoms with van der Waals surface area (Å²) in [6.45, 7) is 0. The molecule has 0 spiro atoms. The quantitative estimate of drug-likeness (QED) is 0.602. The summed E-state index contributed by atoms with van der Waals surface area (Å²) in [5.41, 5.74) is 0.116. The minimum Gasteiger partial charge on any atom is -1.00 e. The first-order valence-electron chi connectivity index (χ1n) is 4.80. The smallest absolute Gasteiger partial charge is 1.00 e. The van der Waals surface area contributed by atoms with Crippen LogP contribution in [0.25, 0.3) is 11.3 Å². The van der Waals surface area contributed by atoms with Crippen molar-refractivity contribution < 1.29 is 49.3 Å². The van der Waals surface area contributed by atoms with Crippen molar-refractivity contribution in [1.29, 1.82) is 0 Å². The number of nitrogens with zero attached hydrogens (tertiary/aromatic N) is 2. The van der Waals surface area contributed by atoms with Crippen molar-refractivity contribution in [2.75, 3.05) is 0 Å². The van der Waals surface area contributed by atoms with Gasteiger partial charge in [-0.3, -0.25) is 4.98 Å². The molecule has 0 radical (unpaired) electrons. The van der Waals surface area contributed by atoms with Crippen LogP contribution >= 0.6 is 0 Å². The number of rotatable bonds is 3. The molecule has 3 N–H and O–H groups in total. The predicted octanol–water partition coefficient (Wildman–Crippen LogP) is -2.58. The van der Waals surface area contributed by atoms with Crippen LogP contribution in [0.2, 0.25) is 0 Å². The number of nitrogens with two attached hydrogens (primary N) is 1. The molecule has 0 bridgehead atoms. The fourth-order valence-electron chi connectivity index (χ4n) is 1.56. The van der Waals surface area contributed by atoms with Crippen molar-refractivity contribution in [3.8, 4) is 11.3 Å². The number of hydrogen-bond donors (Lipinski definition) is 2. The van der Waals surface area contributed by atoms with Crippen molar-refractivity contribution in [3.63, 3.8) is 0 Å². The molecule has 0 unspecified atom stereocenters. The summed E-state index contributed by atoms with van der Waals surface area (Å²) in [5, 5.41) is 14.0. The number of carbonyl (C=O) groups is 1. The number of carboxylic acids is 1. The van der Waals surface area contributed by atoms with Gasteiger partial charge < -0.3 is 6.53 Å². The Morgan fingerprint density at radius 2 is 2.05 bits per heavy atom. The molecule has 19 heavy (non-hydrogen) atoms. The van der Waals surface area contributed by atoms with Crippen LogP contribution in [0.1, 0.15) is 11.9 Å². The monoisotopic (exact) mass is 291 g/mol. The van der Waals surface area contributed by atoms with Crippen molar-refractivity contribution in [3.05, 3.63) is 42.4 Å². The summed E-state index contributed by atoms with van der Waals surface area (Å²) in [6, 6.07) is 6.26. The number of carboxylic acid groups (broad SMARTS) is 1. The number of pyridine rings is 1. The molecule has 0 saturated heterocycles. The molecule has 0 amide bonds. The molecule has 0 aliphatic carbocycles. The maximum absolute atomic E-state index is 11.3. The van der Waals surface area contributed by atoms with E-state index in [9.17, 15) is 13.2 Å². The number of aromatic nitrogens is 2. The zero-order valence-corrected chi connectivity index (χ0v) is 12.8. The molecule has 7 nitrogen and oxygen atoms in total. The summed E-state index contributed by atoms with van der Waals surface area (Å²) in [5.74, 6) is -1.39. The second-order valence-electron chi connectivity index (χ2n) is 3.44. The van der Waals surface area contributed by atoms with Gasteiger partial charge in [-0.2, -0.15) is 8.42 Å². The molecule has 2 aromatic rings. The second kappa shape index (κ2) is 5.85. The Labute approximate surface area is 133 Å². The van der Waals surface area contributed by atoms with Gasteiger partial charge in [-0.05, 0) is 18.2 Å². The van der Waals surface area contributed by atoms with Crippen LogP contribution in [0.5, 0.6) is 0 Å². The Kier molecular flexibility index (Phi) is 4.88. The first kappa shape index (κ1) is 15.9. The Bertz CT molecular complexity index is 703. The zero-order valence-electron chi connectivity index (χ0n) is 11.0. The zero-order chi connectivity index (χ0) is 13.3. The molecule has 0 aliphatic rings. The molecular formula is C10H10N3NaO4S. The van der Waals surface area contributed by atoms with E-state index in [1.807, 2.05) is 0 Å². The van der Waals surface area contributed by atoms with E-state index in [4.69, 9.17) is 10.2 Å². The molecule has 0 aliphatic heterocycles. The fourth-order valence-corrected chi connectivity index (χ4v) is 2.23. The van der Waals surface area contributed by atoms with E-state index in [0.717, 1.165) is 6.20 Å². The fraction of sp³-hybridized carbons (Fsp3) is 0. The Morgan fingerprint density at radius 3 is 2.53 bits per heavy atom. The average molecular weight is 291 g/mol. The normalized spacial score (nSPS) is 10.8. The minimum absolute atomic E-state index is 0. The standard InChI is InChI=1S/C10H9N3O4S.Na.H/c11-18(16,17)13-6-4-7(9(13)10(14)15)8-3-1-2-5-12-8;;/h1-6H,(H,14,15)(H2,11,16,17);;/q;+1;-1. The maximum Gasteiger partial charge on any atom is 1.00 e. The average Bonchev–Trinajstić information content (AvgIpc) is 2.74. The molecule has 0 aromatic carbocycles. The maximum atomic E-state index is 11.3. The van der Waals surface area contributed by atoms with Crippen molar-refractivity contribution >= 4 is 16.2 Å². The molecule has 2 rings (SSSR count). The van der Waals surface area contributed by atoms with E-state index in [-0.39, 0.29) is 36.5 Å². The first-order valence-corrected chi connectivity index (χ1v) is 6.31. The van der Waals surface area contributed by atoms with Gasteiger partial charge in [-0.1, -0.05) is 6.07 Å². The Balaban J connectivity index is 0.00000180. The summed E-state index contributed by atoms with van der Waals surface area (Å²) in [4.78, 5) is 15.1. The van der Waals surface area contributed by atoms with Crippen LogP contribution in [-0.2, 0) is 10.2 Å². The van der Waals surface area contributed by atoms with Crippen LogP contribution in [-0.4, -0.2) is 28.5 Å². The number of hydrogen-bond acceptors (Lipinski definition) is 4. The van der Waals surface area contributed by atoms with Gasteiger partial charge in [0.05, 0.1) is 5.69 Å². The van der Waals surface area contributed by atoms with Crippen LogP contribution in [0, 0.1) is 0 Å². The molecule has 2 heterocycles. The molecule has 9 heteroatoms. The van der Waals surface area contributed by atoms with E-state index in [1.54, 1.807) is 18.2 Å². The van der Waals surface area contributed by atoms with Gasteiger partial charge >= 0.3 is 45.7 Å². The van der Waals surface area contributed by atoms with Gasteiger partial charge in [0, 0.05) is 18.0 Å². The van der Waals surface area contributed by atoms with Crippen LogP contribution < -0.4 is 34.7 Å². The van der Waals surface area contributed by atoms with Gasteiger partial charge in [0.1, 0.15) is 0 Å². The van der Waals surface area contributed by atoms with Gasteiger partial charge in [0.2, 0.25) is 0 Å². The minimum atomic E-state index is -4.16. The molecule has 0 fully saturated rings. The van der Waals surface area contributed by atoms with E-state index in [1.165, 1.54) is 12.3 Å². The van der Waals surface area contributed by atoms with Gasteiger partial charge in [-0.15, -0.1) is 0 Å². The predicted molar refractivity (Wildman–Crippen MR) is 64.2 cm³/mol. The molecular weight excluding hydrogens is 281 g/mol. The molecule has 96 valence electrons. The van der Waals surface area contributed by atoms with E-state index >= 15 is 0 Å².